The van der Waals surface area contributed by atoms with Crippen LogP contribution in [0.4, 0.5) is 10.2 Å². The highest BCUT2D eigenvalue weighted by atomic mass is 19.1. The monoisotopic (exact) mass is 231 g/mol. The van der Waals surface area contributed by atoms with Crippen molar-refractivity contribution in [3.8, 4) is 0 Å². The van der Waals surface area contributed by atoms with E-state index >= 15 is 0 Å². The molecule has 4 rings (SSSR count). The molecule has 1 fully saturated rings. The first-order valence-corrected chi connectivity index (χ1v) is 6.24. The van der Waals surface area contributed by atoms with E-state index in [2.05, 4.69) is 15.1 Å². The van der Waals surface area contributed by atoms with Crippen molar-refractivity contribution in [1.29, 1.82) is 0 Å². The number of hydrogen-bond acceptors (Lipinski definition) is 2. The van der Waals surface area contributed by atoms with Crippen LogP contribution in [-0.2, 0) is 0 Å². The summed E-state index contributed by atoms with van der Waals surface area (Å²) in [6.07, 6.45) is 3.76. The van der Waals surface area contributed by atoms with Gasteiger partial charge in [-0.15, -0.1) is 0 Å². The molecule has 2 atom stereocenters. The lowest BCUT2D eigenvalue weighted by Gasteiger charge is -2.28. The Morgan fingerprint density at radius 3 is 3.24 bits per heavy atom. The first-order chi connectivity index (χ1) is 8.33. The molecular formula is C13H14FN3. The van der Waals surface area contributed by atoms with Gasteiger partial charge in [-0.3, -0.25) is 0 Å². The van der Waals surface area contributed by atoms with Gasteiger partial charge < -0.3 is 5.32 Å². The third-order valence-electron chi connectivity index (χ3n) is 4.12. The molecule has 1 aromatic carbocycles. The Kier molecular flexibility index (Phi) is 1.79. The molecule has 0 spiro atoms. The molecule has 3 nitrogen and oxygen atoms in total. The number of rotatable bonds is 0. The number of nitrogens with zero attached hydrogens (tertiary/aromatic N) is 2. The summed E-state index contributed by atoms with van der Waals surface area (Å²) in [4.78, 5) is 0. The molecule has 0 saturated heterocycles. The van der Waals surface area contributed by atoms with Gasteiger partial charge in [0.15, 0.2) is 0 Å². The average Bonchev–Trinajstić information content (AvgIpc) is 2.90. The Labute approximate surface area is 98.6 Å². The minimum absolute atomic E-state index is 0.212. The Morgan fingerprint density at radius 2 is 2.29 bits per heavy atom. The van der Waals surface area contributed by atoms with Crippen molar-refractivity contribution in [2.45, 2.75) is 25.3 Å². The summed E-state index contributed by atoms with van der Waals surface area (Å²) >= 11 is 0. The molecule has 88 valence electrons. The quantitative estimate of drug-likeness (QED) is 0.755. The summed E-state index contributed by atoms with van der Waals surface area (Å²) < 4.78 is 15.3. The van der Waals surface area contributed by atoms with E-state index in [9.17, 15) is 4.39 Å². The minimum atomic E-state index is -0.212. The number of nitrogens with one attached hydrogen (secondary N) is 1. The van der Waals surface area contributed by atoms with E-state index in [0.717, 1.165) is 23.3 Å². The largest absolute Gasteiger partial charge is 0.369 e. The summed E-state index contributed by atoms with van der Waals surface area (Å²) in [7, 11) is 0. The lowest BCUT2D eigenvalue weighted by molar-refractivity contribution is 0.349. The van der Waals surface area contributed by atoms with Gasteiger partial charge in [0.05, 0.1) is 11.6 Å². The Bertz CT molecular complexity index is 590. The second-order valence-corrected chi connectivity index (χ2v) is 5.09. The smallest absolute Gasteiger partial charge is 0.132 e. The molecule has 1 aromatic heterocycles. The zero-order valence-corrected chi connectivity index (χ0v) is 9.49. The fraction of sp³-hybridized carbons (Fsp3) is 0.462. The van der Waals surface area contributed by atoms with Crippen LogP contribution in [0.1, 0.15) is 25.3 Å². The SMILES string of the molecule is Fc1ccc2c3n(nc2c1)C1CCCC1CN3. The molecule has 2 heterocycles. The Hall–Kier alpha value is -1.58. The lowest BCUT2D eigenvalue weighted by atomic mass is 10.0. The highest BCUT2D eigenvalue weighted by molar-refractivity contribution is 5.90. The molecule has 2 unspecified atom stereocenters. The summed E-state index contributed by atoms with van der Waals surface area (Å²) in [5, 5.41) is 9.06. The Morgan fingerprint density at radius 1 is 1.35 bits per heavy atom. The normalized spacial score (nSPS) is 26.6. The molecule has 4 heteroatoms. The van der Waals surface area contributed by atoms with Crippen molar-refractivity contribution in [3.63, 3.8) is 0 Å². The van der Waals surface area contributed by atoms with Gasteiger partial charge >= 0.3 is 0 Å². The van der Waals surface area contributed by atoms with Gasteiger partial charge in [-0.25, -0.2) is 9.07 Å². The second-order valence-electron chi connectivity index (χ2n) is 5.09. The number of fused-ring (bicyclic) bond motifs is 5. The third-order valence-corrected chi connectivity index (χ3v) is 4.12. The fourth-order valence-electron chi connectivity index (χ4n) is 3.30. The van der Waals surface area contributed by atoms with Gasteiger partial charge in [0.25, 0.3) is 0 Å². The van der Waals surface area contributed by atoms with E-state index in [1.54, 1.807) is 0 Å². The number of anilines is 1. The molecular weight excluding hydrogens is 217 g/mol. The molecule has 1 N–H and O–H groups in total. The van der Waals surface area contributed by atoms with Crippen molar-refractivity contribution in [1.82, 2.24) is 9.78 Å². The maximum absolute atomic E-state index is 13.2. The molecule has 1 aliphatic carbocycles. The van der Waals surface area contributed by atoms with E-state index in [1.165, 1.54) is 31.4 Å². The number of halogens is 1. The van der Waals surface area contributed by atoms with E-state index in [-0.39, 0.29) is 5.82 Å². The van der Waals surface area contributed by atoms with Gasteiger partial charge in [-0.1, -0.05) is 6.42 Å². The second kappa shape index (κ2) is 3.22. The molecule has 17 heavy (non-hydrogen) atoms. The predicted molar refractivity (Wildman–Crippen MR) is 64.6 cm³/mol. The molecule has 0 bridgehead atoms. The zero-order valence-electron chi connectivity index (χ0n) is 9.49. The maximum Gasteiger partial charge on any atom is 0.132 e. The van der Waals surface area contributed by atoms with Crippen LogP contribution in [0.25, 0.3) is 10.9 Å². The summed E-state index contributed by atoms with van der Waals surface area (Å²) in [6, 6.07) is 5.37. The lowest BCUT2D eigenvalue weighted by Crippen LogP contribution is -2.29. The molecule has 1 aliphatic heterocycles. The molecule has 1 saturated carbocycles. The zero-order chi connectivity index (χ0) is 11.4. The van der Waals surface area contributed by atoms with E-state index in [4.69, 9.17) is 0 Å². The van der Waals surface area contributed by atoms with Gasteiger partial charge in [0, 0.05) is 18.0 Å². The van der Waals surface area contributed by atoms with Crippen LogP contribution in [-0.4, -0.2) is 16.3 Å². The van der Waals surface area contributed by atoms with Gasteiger partial charge in [-0.2, -0.15) is 5.10 Å². The molecule has 2 aromatic rings. The molecule has 0 radical (unpaired) electrons. The van der Waals surface area contributed by atoms with Crippen molar-refractivity contribution in [2.24, 2.45) is 5.92 Å². The van der Waals surface area contributed by atoms with Gasteiger partial charge in [0.2, 0.25) is 0 Å². The van der Waals surface area contributed by atoms with Crippen molar-refractivity contribution in [2.75, 3.05) is 11.9 Å². The topological polar surface area (TPSA) is 29.9 Å². The number of aromatic nitrogens is 2. The maximum atomic E-state index is 13.2. The fourth-order valence-corrected chi connectivity index (χ4v) is 3.30. The van der Waals surface area contributed by atoms with Crippen LogP contribution in [0.2, 0.25) is 0 Å². The summed E-state index contributed by atoms with van der Waals surface area (Å²) in [5.74, 6) is 1.56. The number of benzene rings is 1. The summed E-state index contributed by atoms with van der Waals surface area (Å²) in [5.41, 5.74) is 0.764. The van der Waals surface area contributed by atoms with E-state index in [1.807, 2.05) is 6.07 Å². The van der Waals surface area contributed by atoms with Gasteiger partial charge in [-0.05, 0) is 30.9 Å². The third kappa shape index (κ3) is 1.24. The Balaban J connectivity index is 1.95. The van der Waals surface area contributed by atoms with Crippen LogP contribution in [0, 0.1) is 11.7 Å². The van der Waals surface area contributed by atoms with Crippen LogP contribution < -0.4 is 5.32 Å². The van der Waals surface area contributed by atoms with Crippen LogP contribution in [0.3, 0.4) is 0 Å². The molecule has 0 amide bonds. The predicted octanol–water partition coefficient (Wildman–Crippen LogP) is 2.94. The average molecular weight is 231 g/mol. The van der Waals surface area contributed by atoms with Crippen molar-refractivity contribution >= 4 is 16.7 Å². The van der Waals surface area contributed by atoms with Crippen LogP contribution >= 0.6 is 0 Å². The molecule has 2 aliphatic rings. The summed E-state index contributed by atoms with van der Waals surface area (Å²) in [6.45, 7) is 1.03. The standard InChI is InChI=1S/C13H14FN3/c14-9-4-5-10-11(6-9)16-17-12-3-1-2-8(12)7-15-13(10)17/h4-6,8,12,15H,1-3,7H2. The van der Waals surface area contributed by atoms with E-state index < -0.39 is 0 Å². The first kappa shape index (κ1) is 9.45. The van der Waals surface area contributed by atoms with Gasteiger partial charge in [0.1, 0.15) is 11.6 Å². The van der Waals surface area contributed by atoms with Crippen LogP contribution in [0.15, 0.2) is 18.2 Å². The number of hydrogen-bond donors (Lipinski definition) is 1. The van der Waals surface area contributed by atoms with E-state index in [0.29, 0.717) is 12.0 Å². The first-order valence-electron chi connectivity index (χ1n) is 6.24. The van der Waals surface area contributed by atoms with Crippen molar-refractivity contribution < 1.29 is 4.39 Å². The minimum Gasteiger partial charge on any atom is -0.369 e. The highest BCUT2D eigenvalue weighted by Crippen LogP contribution is 2.42. The van der Waals surface area contributed by atoms with Crippen molar-refractivity contribution in [3.05, 3.63) is 24.0 Å². The van der Waals surface area contributed by atoms with Crippen LogP contribution in [0.5, 0.6) is 0 Å². The highest BCUT2D eigenvalue weighted by Gasteiger charge is 2.34.